The number of nitriles is 1. The van der Waals surface area contributed by atoms with E-state index >= 15 is 0 Å². The Bertz CT molecular complexity index is 341. The quantitative estimate of drug-likeness (QED) is 0.500. The molecule has 1 rings (SSSR count). The third kappa shape index (κ3) is 4.53. The van der Waals surface area contributed by atoms with Crippen LogP contribution < -0.4 is 0 Å². The van der Waals surface area contributed by atoms with E-state index in [0.29, 0.717) is 25.6 Å². The summed E-state index contributed by atoms with van der Waals surface area (Å²) in [6.07, 6.45) is 0.710. The first-order valence-electron chi connectivity index (χ1n) is 6.36. The highest BCUT2D eigenvalue weighted by Crippen LogP contribution is 2.44. The van der Waals surface area contributed by atoms with Gasteiger partial charge in [-0.05, 0) is 14.1 Å². The van der Waals surface area contributed by atoms with Gasteiger partial charge in [-0.1, -0.05) is 0 Å². The SMILES string of the molecule is CN(C)C1CSC(C#N)(N(C=O)CCOCCO)SC1. The minimum atomic E-state index is -0.864. The summed E-state index contributed by atoms with van der Waals surface area (Å²) in [5, 5.41) is 18.1. The number of rotatable bonds is 8. The molecule has 1 fully saturated rings. The van der Waals surface area contributed by atoms with Crippen LogP contribution in [0.5, 0.6) is 0 Å². The minimum absolute atomic E-state index is 0.0432. The number of amides is 1. The third-order valence-electron chi connectivity index (χ3n) is 3.03. The zero-order valence-corrected chi connectivity index (χ0v) is 13.5. The van der Waals surface area contributed by atoms with Gasteiger partial charge in [0.25, 0.3) is 0 Å². The van der Waals surface area contributed by atoms with Crippen molar-refractivity contribution in [2.75, 3.05) is 52.0 Å². The van der Waals surface area contributed by atoms with Crippen molar-refractivity contribution >= 4 is 29.9 Å². The number of nitrogens with zero attached hydrogens (tertiary/aromatic N) is 3. The lowest BCUT2D eigenvalue weighted by atomic mass is 10.4. The van der Waals surface area contributed by atoms with Gasteiger partial charge in [-0.25, -0.2) is 0 Å². The summed E-state index contributed by atoms with van der Waals surface area (Å²) in [6, 6.07) is 2.67. The number of aliphatic hydroxyl groups excluding tert-OH is 1. The Kier molecular flexibility index (Phi) is 7.69. The molecule has 0 aromatic carbocycles. The van der Waals surface area contributed by atoms with Gasteiger partial charge >= 0.3 is 0 Å². The first kappa shape index (κ1) is 17.6. The highest BCUT2D eigenvalue weighted by Gasteiger charge is 2.42. The summed E-state index contributed by atoms with van der Waals surface area (Å²) in [7, 11) is 4.04. The summed E-state index contributed by atoms with van der Waals surface area (Å²) in [5.41, 5.74) is 0. The Morgan fingerprint density at radius 2 is 2.10 bits per heavy atom. The van der Waals surface area contributed by atoms with Gasteiger partial charge in [-0.3, -0.25) is 4.79 Å². The molecular formula is C12H21N3O3S2. The lowest BCUT2D eigenvalue weighted by Crippen LogP contribution is -2.49. The van der Waals surface area contributed by atoms with Crippen molar-refractivity contribution in [1.29, 1.82) is 5.26 Å². The smallest absolute Gasteiger partial charge is 0.224 e. The van der Waals surface area contributed by atoms with Crippen LogP contribution in [-0.4, -0.2) is 83.5 Å². The first-order chi connectivity index (χ1) is 9.59. The number of hydrogen-bond acceptors (Lipinski definition) is 7. The number of thioether (sulfide) groups is 2. The van der Waals surface area contributed by atoms with Crippen molar-refractivity contribution in [3.05, 3.63) is 0 Å². The summed E-state index contributed by atoms with van der Waals surface area (Å²) < 4.78 is 4.30. The molecule has 1 N–H and O–H groups in total. The van der Waals surface area contributed by atoms with Crippen LogP contribution in [0.4, 0.5) is 0 Å². The van der Waals surface area contributed by atoms with E-state index in [1.807, 2.05) is 14.1 Å². The van der Waals surface area contributed by atoms with Gasteiger partial charge in [-0.15, -0.1) is 23.5 Å². The highest BCUT2D eigenvalue weighted by molar-refractivity contribution is 8.19. The standard InChI is InChI=1S/C12H21N3O3S2/c1-14(2)11-7-19-12(9-13,20-8-11)15(10-17)3-5-18-6-4-16/h10-11,16H,3-8H2,1-2H3. The van der Waals surface area contributed by atoms with Crippen LogP contribution in [0.1, 0.15) is 0 Å². The minimum Gasteiger partial charge on any atom is -0.394 e. The summed E-state index contributed by atoms with van der Waals surface area (Å²) in [4.78, 5) is 14.9. The van der Waals surface area contributed by atoms with Crippen molar-refractivity contribution in [3.63, 3.8) is 0 Å². The van der Waals surface area contributed by atoms with Gasteiger partial charge in [0, 0.05) is 24.1 Å². The molecule has 0 radical (unpaired) electrons. The molecule has 1 saturated heterocycles. The predicted molar refractivity (Wildman–Crippen MR) is 81.4 cm³/mol. The summed E-state index contributed by atoms with van der Waals surface area (Å²) in [6.45, 7) is 0.873. The van der Waals surface area contributed by atoms with Crippen molar-refractivity contribution in [3.8, 4) is 6.07 Å². The lowest BCUT2D eigenvalue weighted by Gasteiger charge is -2.41. The lowest BCUT2D eigenvalue weighted by molar-refractivity contribution is -0.119. The van der Waals surface area contributed by atoms with Gasteiger partial charge in [0.15, 0.2) is 0 Å². The van der Waals surface area contributed by atoms with E-state index in [-0.39, 0.29) is 13.2 Å². The van der Waals surface area contributed by atoms with Crippen molar-refractivity contribution in [2.45, 2.75) is 10.2 Å². The van der Waals surface area contributed by atoms with Crippen molar-refractivity contribution < 1.29 is 14.6 Å². The van der Waals surface area contributed by atoms with Crippen molar-refractivity contribution in [2.24, 2.45) is 0 Å². The molecule has 0 aromatic heterocycles. The van der Waals surface area contributed by atoms with E-state index < -0.39 is 4.20 Å². The molecule has 6 nitrogen and oxygen atoms in total. The van der Waals surface area contributed by atoms with Gasteiger partial charge < -0.3 is 19.6 Å². The third-order valence-corrected chi connectivity index (χ3v) is 6.28. The molecule has 1 aliphatic rings. The zero-order chi connectivity index (χ0) is 15.0. The van der Waals surface area contributed by atoms with Gasteiger partial charge in [0.05, 0.1) is 19.8 Å². The highest BCUT2D eigenvalue weighted by atomic mass is 32.2. The molecule has 1 aliphatic heterocycles. The Hall–Kier alpha value is -0.460. The van der Waals surface area contributed by atoms with Crippen LogP contribution in [-0.2, 0) is 9.53 Å². The summed E-state index contributed by atoms with van der Waals surface area (Å²) in [5.74, 6) is 1.63. The Labute approximate surface area is 128 Å². The molecule has 1 heterocycles. The Morgan fingerprint density at radius 1 is 1.45 bits per heavy atom. The average Bonchev–Trinajstić information content (AvgIpc) is 2.47. The largest absolute Gasteiger partial charge is 0.394 e. The molecule has 0 spiro atoms. The second kappa shape index (κ2) is 8.74. The maximum absolute atomic E-state index is 11.3. The van der Waals surface area contributed by atoms with E-state index in [0.717, 1.165) is 11.5 Å². The fourth-order valence-corrected chi connectivity index (χ4v) is 4.99. The number of carbonyl (C=O) groups is 1. The Morgan fingerprint density at radius 3 is 2.55 bits per heavy atom. The maximum atomic E-state index is 11.3. The fourth-order valence-electron chi connectivity index (χ4n) is 1.70. The molecule has 0 aromatic rings. The number of hydrogen-bond donors (Lipinski definition) is 1. The van der Waals surface area contributed by atoms with E-state index in [2.05, 4.69) is 11.0 Å². The van der Waals surface area contributed by atoms with E-state index in [9.17, 15) is 10.1 Å². The monoisotopic (exact) mass is 319 g/mol. The molecule has 114 valence electrons. The Balaban J connectivity index is 2.58. The van der Waals surface area contributed by atoms with Crippen LogP contribution in [0.25, 0.3) is 0 Å². The van der Waals surface area contributed by atoms with E-state index in [4.69, 9.17) is 9.84 Å². The van der Waals surface area contributed by atoms with Gasteiger partial charge in [0.1, 0.15) is 6.07 Å². The van der Waals surface area contributed by atoms with Crippen LogP contribution in [0.3, 0.4) is 0 Å². The molecule has 0 aliphatic carbocycles. The number of carbonyl (C=O) groups excluding carboxylic acids is 1. The van der Waals surface area contributed by atoms with Crippen LogP contribution >= 0.6 is 23.5 Å². The fraction of sp³-hybridized carbons (Fsp3) is 0.833. The van der Waals surface area contributed by atoms with Crippen LogP contribution in [0.15, 0.2) is 0 Å². The molecule has 0 bridgehead atoms. The average molecular weight is 319 g/mol. The molecule has 0 atom stereocenters. The van der Waals surface area contributed by atoms with Crippen LogP contribution in [0.2, 0.25) is 0 Å². The maximum Gasteiger partial charge on any atom is 0.224 e. The zero-order valence-electron chi connectivity index (χ0n) is 11.8. The van der Waals surface area contributed by atoms with Gasteiger partial charge in [0.2, 0.25) is 10.6 Å². The second-order valence-electron chi connectivity index (χ2n) is 4.57. The van der Waals surface area contributed by atoms with Crippen molar-refractivity contribution in [1.82, 2.24) is 9.80 Å². The predicted octanol–water partition coefficient (Wildman–Crippen LogP) is 0.0413. The number of aliphatic hydroxyl groups is 1. The topological polar surface area (TPSA) is 76.8 Å². The second-order valence-corrected chi connectivity index (χ2v) is 7.25. The molecule has 8 heteroatoms. The van der Waals surface area contributed by atoms with Gasteiger partial charge in [-0.2, -0.15) is 5.26 Å². The molecule has 0 saturated carbocycles. The van der Waals surface area contributed by atoms with E-state index in [1.165, 1.54) is 28.4 Å². The molecule has 0 unspecified atom stereocenters. The molecule has 1 amide bonds. The number of ether oxygens (including phenoxy) is 1. The summed E-state index contributed by atoms with van der Waals surface area (Å²) >= 11 is 2.99. The molecule has 20 heavy (non-hydrogen) atoms. The van der Waals surface area contributed by atoms with Crippen LogP contribution in [0, 0.1) is 11.3 Å². The van der Waals surface area contributed by atoms with E-state index in [1.54, 1.807) is 0 Å². The normalized spacial score (nSPS) is 26.2. The molecular weight excluding hydrogens is 298 g/mol. The first-order valence-corrected chi connectivity index (χ1v) is 8.33.